The molecule has 7 nitrogen and oxygen atoms in total. The van der Waals surface area contributed by atoms with Gasteiger partial charge in [-0.2, -0.15) is 18.3 Å². The number of ether oxygens (including phenoxy) is 1. The monoisotopic (exact) mass is 446 g/mol. The largest absolute Gasteiger partial charge is 0.495 e. The SMILES string of the molecule is COc1ccccc1N1CCN(c2nc(C3CCC3)nc3c2cnn3CC(F)(F)F)CC1. The van der Waals surface area contributed by atoms with Crippen LogP contribution in [0.2, 0.25) is 0 Å². The summed E-state index contributed by atoms with van der Waals surface area (Å²) < 4.78 is 45.7. The van der Waals surface area contributed by atoms with Gasteiger partial charge in [0, 0.05) is 32.1 Å². The van der Waals surface area contributed by atoms with E-state index in [1.807, 2.05) is 24.3 Å². The minimum Gasteiger partial charge on any atom is -0.495 e. The number of aromatic nitrogens is 4. The average molecular weight is 446 g/mol. The fourth-order valence-electron chi connectivity index (χ4n) is 4.38. The highest BCUT2D eigenvalue weighted by Crippen LogP contribution is 2.37. The van der Waals surface area contributed by atoms with Gasteiger partial charge in [0.25, 0.3) is 0 Å². The van der Waals surface area contributed by atoms with E-state index in [2.05, 4.69) is 19.9 Å². The molecule has 2 aliphatic rings. The van der Waals surface area contributed by atoms with Crippen molar-refractivity contribution in [3.05, 3.63) is 36.3 Å². The van der Waals surface area contributed by atoms with Gasteiger partial charge in [0.2, 0.25) is 0 Å². The normalized spacial score (nSPS) is 17.6. The number of halogens is 3. The van der Waals surface area contributed by atoms with Crippen molar-refractivity contribution < 1.29 is 17.9 Å². The molecule has 3 aromatic rings. The van der Waals surface area contributed by atoms with Crippen molar-refractivity contribution in [1.82, 2.24) is 19.7 Å². The molecular weight excluding hydrogens is 421 g/mol. The molecule has 0 amide bonds. The van der Waals surface area contributed by atoms with Crippen molar-refractivity contribution in [2.75, 3.05) is 43.1 Å². The Balaban J connectivity index is 1.45. The first-order valence-electron chi connectivity index (χ1n) is 10.9. The van der Waals surface area contributed by atoms with Crippen molar-refractivity contribution in [2.24, 2.45) is 0 Å². The van der Waals surface area contributed by atoms with Crippen LogP contribution in [-0.2, 0) is 6.54 Å². The minimum absolute atomic E-state index is 0.210. The predicted octanol–water partition coefficient (Wildman–Crippen LogP) is 3.99. The first-order valence-corrected chi connectivity index (χ1v) is 10.9. The Morgan fingerprint density at radius 2 is 1.75 bits per heavy atom. The van der Waals surface area contributed by atoms with Crippen LogP contribution in [0, 0.1) is 0 Å². The van der Waals surface area contributed by atoms with Crippen LogP contribution < -0.4 is 14.5 Å². The Morgan fingerprint density at radius 1 is 1.03 bits per heavy atom. The van der Waals surface area contributed by atoms with Gasteiger partial charge in [-0.25, -0.2) is 14.6 Å². The number of anilines is 2. The third-order valence-corrected chi connectivity index (χ3v) is 6.30. The summed E-state index contributed by atoms with van der Waals surface area (Å²) in [5, 5.41) is 4.58. The van der Waals surface area contributed by atoms with Crippen molar-refractivity contribution in [3.8, 4) is 5.75 Å². The highest BCUT2D eigenvalue weighted by atomic mass is 19.4. The van der Waals surface area contributed by atoms with Gasteiger partial charge in [0.05, 0.1) is 24.4 Å². The number of benzene rings is 1. The van der Waals surface area contributed by atoms with E-state index in [0.29, 0.717) is 30.1 Å². The molecule has 1 saturated heterocycles. The Labute approximate surface area is 183 Å². The summed E-state index contributed by atoms with van der Waals surface area (Å²) in [5.74, 6) is 2.35. The number of para-hydroxylation sites is 2. The lowest BCUT2D eigenvalue weighted by Crippen LogP contribution is -2.47. The molecule has 1 aliphatic carbocycles. The average Bonchev–Trinajstić information content (AvgIpc) is 3.13. The van der Waals surface area contributed by atoms with Crippen LogP contribution in [-0.4, -0.2) is 59.2 Å². The number of piperazine rings is 1. The van der Waals surface area contributed by atoms with Gasteiger partial charge in [-0.3, -0.25) is 0 Å². The number of rotatable bonds is 5. The molecule has 1 saturated carbocycles. The third kappa shape index (κ3) is 3.93. The standard InChI is InChI=1S/C22H25F3N6O/c1-32-18-8-3-2-7-17(18)29-9-11-30(12-10-29)20-16-13-26-31(14-22(23,24)25)21(16)28-19(27-20)15-5-4-6-15/h2-3,7-8,13,15H,4-6,9-12,14H2,1H3. The summed E-state index contributed by atoms with van der Waals surface area (Å²) >= 11 is 0. The van der Waals surface area contributed by atoms with Crippen LogP contribution in [0.4, 0.5) is 24.7 Å². The van der Waals surface area contributed by atoms with E-state index in [4.69, 9.17) is 9.72 Å². The number of alkyl halides is 3. The maximum absolute atomic E-state index is 13.1. The molecular formula is C22H25F3N6O. The zero-order chi connectivity index (χ0) is 22.3. The van der Waals surface area contributed by atoms with E-state index in [-0.39, 0.29) is 11.6 Å². The van der Waals surface area contributed by atoms with Crippen LogP contribution in [0.3, 0.4) is 0 Å². The Bertz CT molecular complexity index is 1100. The Morgan fingerprint density at radius 3 is 2.41 bits per heavy atom. The maximum Gasteiger partial charge on any atom is 0.408 e. The zero-order valence-electron chi connectivity index (χ0n) is 17.8. The van der Waals surface area contributed by atoms with Gasteiger partial charge in [0.15, 0.2) is 5.65 Å². The minimum atomic E-state index is -4.36. The number of nitrogens with zero attached hydrogens (tertiary/aromatic N) is 6. The van der Waals surface area contributed by atoms with Crippen LogP contribution in [0.5, 0.6) is 5.75 Å². The van der Waals surface area contributed by atoms with Gasteiger partial charge >= 0.3 is 6.18 Å². The van der Waals surface area contributed by atoms with E-state index in [9.17, 15) is 13.2 Å². The van der Waals surface area contributed by atoms with Gasteiger partial charge in [-0.15, -0.1) is 0 Å². The van der Waals surface area contributed by atoms with Crippen molar-refractivity contribution in [3.63, 3.8) is 0 Å². The summed E-state index contributed by atoms with van der Waals surface area (Å²) in [4.78, 5) is 13.7. The lowest BCUT2D eigenvalue weighted by Gasteiger charge is -2.37. The number of hydrogen-bond donors (Lipinski definition) is 0. The fourth-order valence-corrected chi connectivity index (χ4v) is 4.38. The van der Waals surface area contributed by atoms with E-state index in [0.717, 1.165) is 48.5 Å². The molecule has 0 bridgehead atoms. The highest BCUT2D eigenvalue weighted by Gasteiger charge is 2.32. The molecule has 10 heteroatoms. The van der Waals surface area contributed by atoms with Crippen LogP contribution >= 0.6 is 0 Å². The van der Waals surface area contributed by atoms with Crippen LogP contribution in [0.25, 0.3) is 11.0 Å². The Hall–Kier alpha value is -3.04. The number of hydrogen-bond acceptors (Lipinski definition) is 6. The van der Waals surface area contributed by atoms with Crippen molar-refractivity contribution in [1.29, 1.82) is 0 Å². The molecule has 0 N–H and O–H groups in total. The molecule has 170 valence electrons. The molecule has 5 rings (SSSR count). The van der Waals surface area contributed by atoms with E-state index in [1.54, 1.807) is 7.11 Å². The quantitative estimate of drug-likeness (QED) is 0.591. The zero-order valence-corrected chi connectivity index (χ0v) is 17.8. The van der Waals surface area contributed by atoms with Crippen molar-refractivity contribution in [2.45, 2.75) is 37.9 Å². The van der Waals surface area contributed by atoms with E-state index in [1.165, 1.54) is 6.20 Å². The van der Waals surface area contributed by atoms with Crippen LogP contribution in [0.15, 0.2) is 30.5 Å². The molecule has 0 atom stereocenters. The lowest BCUT2D eigenvalue weighted by molar-refractivity contribution is -0.141. The molecule has 0 radical (unpaired) electrons. The summed E-state index contributed by atoms with van der Waals surface area (Å²) in [6.45, 7) is 1.73. The number of methoxy groups -OCH3 is 1. The summed E-state index contributed by atoms with van der Waals surface area (Å²) in [6, 6.07) is 7.90. The topological polar surface area (TPSA) is 59.3 Å². The van der Waals surface area contributed by atoms with Gasteiger partial charge in [-0.05, 0) is 25.0 Å². The first-order chi connectivity index (χ1) is 15.4. The van der Waals surface area contributed by atoms with Gasteiger partial charge in [0.1, 0.15) is 23.9 Å². The lowest BCUT2D eigenvalue weighted by atomic mass is 9.85. The number of fused-ring (bicyclic) bond motifs is 1. The molecule has 3 heterocycles. The second kappa shape index (κ2) is 8.14. The molecule has 2 aromatic heterocycles. The molecule has 0 spiro atoms. The van der Waals surface area contributed by atoms with E-state index < -0.39 is 12.7 Å². The highest BCUT2D eigenvalue weighted by molar-refractivity contribution is 5.87. The van der Waals surface area contributed by atoms with Crippen molar-refractivity contribution >= 4 is 22.5 Å². The molecule has 2 fully saturated rings. The first kappa shape index (κ1) is 20.8. The predicted molar refractivity (Wildman–Crippen MR) is 115 cm³/mol. The van der Waals surface area contributed by atoms with Gasteiger partial charge in [-0.1, -0.05) is 18.6 Å². The smallest absolute Gasteiger partial charge is 0.408 e. The molecule has 0 unspecified atom stereocenters. The summed E-state index contributed by atoms with van der Waals surface area (Å²) in [7, 11) is 1.66. The van der Waals surface area contributed by atoms with Crippen LogP contribution in [0.1, 0.15) is 31.0 Å². The fraction of sp³-hybridized carbons (Fsp3) is 0.500. The van der Waals surface area contributed by atoms with Gasteiger partial charge < -0.3 is 14.5 Å². The summed E-state index contributed by atoms with van der Waals surface area (Å²) in [5.41, 5.74) is 1.30. The molecule has 1 aromatic carbocycles. The van der Waals surface area contributed by atoms with E-state index >= 15 is 0 Å². The maximum atomic E-state index is 13.1. The third-order valence-electron chi connectivity index (χ3n) is 6.30. The Kier molecular flexibility index (Phi) is 5.30. The summed E-state index contributed by atoms with van der Waals surface area (Å²) in [6.07, 6.45) is 0.148. The second-order valence-electron chi connectivity index (χ2n) is 8.33. The molecule has 1 aliphatic heterocycles. The second-order valence-corrected chi connectivity index (χ2v) is 8.33. The molecule has 32 heavy (non-hydrogen) atoms.